The molecule has 3 rings (SSSR count). The number of aromatic nitrogens is 2. The molecule has 0 aromatic carbocycles. The van der Waals surface area contributed by atoms with Gasteiger partial charge < -0.3 is 5.73 Å². The summed E-state index contributed by atoms with van der Waals surface area (Å²) >= 11 is 1.69. The lowest BCUT2D eigenvalue weighted by Crippen LogP contribution is -2.28. The molecule has 4 heteroatoms. The van der Waals surface area contributed by atoms with Crippen LogP contribution in [0.2, 0.25) is 0 Å². The molecule has 2 aromatic rings. The van der Waals surface area contributed by atoms with E-state index in [0.717, 1.165) is 10.7 Å². The first-order valence-electron chi connectivity index (χ1n) is 6.27. The van der Waals surface area contributed by atoms with E-state index in [-0.39, 0.29) is 5.54 Å². The van der Waals surface area contributed by atoms with Gasteiger partial charge in [-0.1, -0.05) is 6.07 Å². The monoisotopic (exact) mass is 259 g/mol. The van der Waals surface area contributed by atoms with Crippen molar-refractivity contribution in [3.8, 4) is 10.7 Å². The molecule has 0 saturated heterocycles. The average Bonchev–Trinajstić information content (AvgIpc) is 3.07. The fraction of sp³-hybridized carbons (Fsp3) is 0.429. The van der Waals surface area contributed by atoms with Crippen molar-refractivity contribution in [3.05, 3.63) is 35.0 Å². The molecule has 94 valence electrons. The highest BCUT2D eigenvalue weighted by Crippen LogP contribution is 2.46. The maximum absolute atomic E-state index is 6.26. The third-order valence-corrected chi connectivity index (χ3v) is 4.52. The lowest BCUT2D eigenvalue weighted by Gasteiger charge is -2.17. The molecule has 0 bridgehead atoms. The predicted molar refractivity (Wildman–Crippen MR) is 74.5 cm³/mol. The Morgan fingerprint density at radius 2 is 2.11 bits per heavy atom. The van der Waals surface area contributed by atoms with Gasteiger partial charge in [0.2, 0.25) is 0 Å². The van der Waals surface area contributed by atoms with E-state index in [1.54, 1.807) is 17.5 Å². The first-order chi connectivity index (χ1) is 8.55. The van der Waals surface area contributed by atoms with E-state index in [1.165, 1.54) is 23.4 Å². The minimum Gasteiger partial charge on any atom is -0.321 e. The Bertz CT molecular complexity index is 550. The topological polar surface area (TPSA) is 51.8 Å². The zero-order valence-corrected chi connectivity index (χ0v) is 11.5. The zero-order chi connectivity index (χ0) is 12.8. The van der Waals surface area contributed by atoms with Crippen molar-refractivity contribution in [2.24, 2.45) is 5.73 Å². The molecule has 3 nitrogen and oxygen atoms in total. The van der Waals surface area contributed by atoms with Gasteiger partial charge >= 0.3 is 0 Å². The molecule has 0 radical (unpaired) electrons. The van der Waals surface area contributed by atoms with Gasteiger partial charge in [0.1, 0.15) is 5.01 Å². The van der Waals surface area contributed by atoms with Crippen LogP contribution in [0.3, 0.4) is 0 Å². The lowest BCUT2D eigenvalue weighted by atomic mass is 10.0. The van der Waals surface area contributed by atoms with Gasteiger partial charge in [0.25, 0.3) is 0 Å². The Labute approximate surface area is 111 Å². The Balaban J connectivity index is 2.08. The number of pyridine rings is 1. The Kier molecular flexibility index (Phi) is 2.72. The van der Waals surface area contributed by atoms with E-state index in [4.69, 9.17) is 10.7 Å². The molecule has 0 aliphatic heterocycles. The largest absolute Gasteiger partial charge is 0.321 e. The van der Waals surface area contributed by atoms with Crippen molar-refractivity contribution in [1.29, 1.82) is 0 Å². The second kappa shape index (κ2) is 4.14. The number of hydrogen-bond donors (Lipinski definition) is 1. The number of rotatable bonds is 3. The smallest absolute Gasteiger partial charge is 0.142 e. The van der Waals surface area contributed by atoms with Crippen LogP contribution in [0.4, 0.5) is 0 Å². The van der Waals surface area contributed by atoms with Crippen LogP contribution >= 0.6 is 11.3 Å². The molecule has 2 heterocycles. The zero-order valence-electron chi connectivity index (χ0n) is 10.7. The molecule has 1 aliphatic carbocycles. The molecule has 0 atom stereocenters. The van der Waals surface area contributed by atoms with Gasteiger partial charge in [0.05, 0.1) is 11.4 Å². The van der Waals surface area contributed by atoms with Gasteiger partial charge in [0, 0.05) is 22.5 Å². The van der Waals surface area contributed by atoms with Crippen LogP contribution in [0.15, 0.2) is 24.4 Å². The number of hydrogen-bond acceptors (Lipinski definition) is 4. The molecular weight excluding hydrogens is 242 g/mol. The van der Waals surface area contributed by atoms with Crippen LogP contribution in [0.5, 0.6) is 0 Å². The fourth-order valence-electron chi connectivity index (χ4n) is 2.03. The van der Waals surface area contributed by atoms with E-state index in [0.29, 0.717) is 5.92 Å². The molecule has 0 spiro atoms. The van der Waals surface area contributed by atoms with Crippen molar-refractivity contribution in [3.63, 3.8) is 0 Å². The van der Waals surface area contributed by atoms with Gasteiger partial charge in [-0.2, -0.15) is 0 Å². The van der Waals surface area contributed by atoms with Crippen LogP contribution in [-0.2, 0) is 5.54 Å². The van der Waals surface area contributed by atoms with Crippen molar-refractivity contribution in [1.82, 2.24) is 9.97 Å². The fourth-order valence-corrected chi connectivity index (χ4v) is 3.17. The summed E-state index contributed by atoms with van der Waals surface area (Å²) in [6.07, 6.45) is 4.30. The standard InChI is InChI=1S/C14H17N3S/c1-14(2,15)12-11(9-6-7-9)17-13(18-12)10-5-3-4-8-16-10/h3-5,8-9H,6-7,15H2,1-2H3. The van der Waals surface area contributed by atoms with Gasteiger partial charge in [-0.05, 0) is 38.8 Å². The van der Waals surface area contributed by atoms with E-state index in [1.807, 2.05) is 18.2 Å². The van der Waals surface area contributed by atoms with Gasteiger partial charge in [0.15, 0.2) is 0 Å². The summed E-state index contributed by atoms with van der Waals surface area (Å²) < 4.78 is 0. The van der Waals surface area contributed by atoms with Crippen LogP contribution in [0.25, 0.3) is 10.7 Å². The molecule has 18 heavy (non-hydrogen) atoms. The molecule has 1 aliphatic rings. The van der Waals surface area contributed by atoms with Crippen LogP contribution in [0.1, 0.15) is 43.2 Å². The van der Waals surface area contributed by atoms with Gasteiger partial charge in [-0.3, -0.25) is 4.98 Å². The van der Waals surface area contributed by atoms with Crippen molar-refractivity contribution < 1.29 is 0 Å². The summed E-state index contributed by atoms with van der Waals surface area (Å²) in [5.41, 5.74) is 8.09. The van der Waals surface area contributed by atoms with Crippen LogP contribution in [-0.4, -0.2) is 9.97 Å². The molecule has 0 unspecified atom stereocenters. The molecule has 0 amide bonds. The minimum absolute atomic E-state index is 0.317. The highest BCUT2D eigenvalue weighted by molar-refractivity contribution is 7.15. The normalized spacial score (nSPS) is 15.9. The quantitative estimate of drug-likeness (QED) is 0.920. The molecule has 1 saturated carbocycles. The SMILES string of the molecule is CC(C)(N)c1sc(-c2ccccn2)nc1C1CC1. The van der Waals surface area contributed by atoms with E-state index in [2.05, 4.69) is 18.8 Å². The summed E-state index contributed by atoms with van der Waals surface area (Å²) in [7, 11) is 0. The lowest BCUT2D eigenvalue weighted by molar-refractivity contribution is 0.559. The van der Waals surface area contributed by atoms with Crippen molar-refractivity contribution in [2.75, 3.05) is 0 Å². The summed E-state index contributed by atoms with van der Waals surface area (Å²) in [5.74, 6) is 0.622. The number of nitrogens with zero attached hydrogens (tertiary/aromatic N) is 2. The highest BCUT2D eigenvalue weighted by Gasteiger charge is 2.34. The third kappa shape index (κ3) is 2.18. The Morgan fingerprint density at radius 3 is 2.67 bits per heavy atom. The minimum atomic E-state index is -0.317. The van der Waals surface area contributed by atoms with Crippen LogP contribution < -0.4 is 5.73 Å². The first-order valence-corrected chi connectivity index (χ1v) is 7.09. The van der Waals surface area contributed by atoms with Crippen LogP contribution in [0, 0.1) is 0 Å². The summed E-state index contributed by atoms with van der Waals surface area (Å²) in [6.45, 7) is 4.10. The van der Waals surface area contributed by atoms with Gasteiger partial charge in [-0.15, -0.1) is 11.3 Å². The third-order valence-electron chi connectivity index (χ3n) is 3.09. The predicted octanol–water partition coefficient (Wildman–Crippen LogP) is 3.28. The van der Waals surface area contributed by atoms with E-state index < -0.39 is 0 Å². The Hall–Kier alpha value is -1.26. The first kappa shape index (κ1) is 11.8. The molecule has 2 N–H and O–H groups in total. The van der Waals surface area contributed by atoms with Gasteiger partial charge in [-0.25, -0.2) is 4.98 Å². The summed E-state index contributed by atoms with van der Waals surface area (Å²) in [4.78, 5) is 10.4. The van der Waals surface area contributed by atoms with E-state index in [9.17, 15) is 0 Å². The highest BCUT2D eigenvalue weighted by atomic mass is 32.1. The summed E-state index contributed by atoms with van der Waals surface area (Å²) in [6, 6.07) is 5.92. The molecular formula is C14H17N3S. The van der Waals surface area contributed by atoms with E-state index >= 15 is 0 Å². The number of thiazole rings is 1. The molecule has 1 fully saturated rings. The maximum Gasteiger partial charge on any atom is 0.142 e. The number of nitrogens with two attached hydrogens (primary N) is 1. The second-order valence-electron chi connectivity index (χ2n) is 5.44. The van der Waals surface area contributed by atoms with Crippen molar-refractivity contribution in [2.45, 2.75) is 38.1 Å². The molecule has 2 aromatic heterocycles. The maximum atomic E-state index is 6.26. The van der Waals surface area contributed by atoms with Crippen molar-refractivity contribution >= 4 is 11.3 Å². The Morgan fingerprint density at radius 1 is 1.33 bits per heavy atom. The second-order valence-corrected chi connectivity index (χ2v) is 6.44. The average molecular weight is 259 g/mol. The summed E-state index contributed by atoms with van der Waals surface area (Å²) in [5, 5.41) is 0.992.